The molecule has 0 saturated heterocycles. The van der Waals surface area contributed by atoms with Gasteiger partial charge < -0.3 is 10.6 Å². The predicted molar refractivity (Wildman–Crippen MR) is 90.4 cm³/mol. The van der Waals surface area contributed by atoms with Crippen molar-refractivity contribution >= 4 is 44.9 Å². The number of nitrogens with one attached hydrogen (secondary N) is 2. The minimum Gasteiger partial charge on any atom is -0.365 e. The Labute approximate surface area is 132 Å². The van der Waals surface area contributed by atoms with E-state index in [1.165, 1.54) is 0 Å². The van der Waals surface area contributed by atoms with Crippen LogP contribution in [0, 0.1) is 0 Å². The summed E-state index contributed by atoms with van der Waals surface area (Å²) in [4.78, 5) is 10.0. The Morgan fingerprint density at radius 3 is 2.90 bits per heavy atom. The summed E-state index contributed by atoms with van der Waals surface area (Å²) in [6.07, 6.45) is 0. The molecule has 2 heterocycles. The Balaban J connectivity index is 1.86. The second-order valence-electron chi connectivity index (χ2n) is 4.55. The van der Waals surface area contributed by atoms with E-state index in [1.807, 2.05) is 42.6 Å². The molecule has 0 saturated carbocycles. The summed E-state index contributed by atoms with van der Waals surface area (Å²) in [5.74, 6) is 1.50. The van der Waals surface area contributed by atoms with Gasteiger partial charge in [0.15, 0.2) is 0 Å². The number of hydrogen-bond donors (Lipinski definition) is 2. The number of benzene rings is 1. The van der Waals surface area contributed by atoms with Crippen molar-refractivity contribution in [2.24, 2.45) is 0 Å². The molecule has 3 rings (SSSR count). The Morgan fingerprint density at radius 1 is 1.19 bits per heavy atom. The van der Waals surface area contributed by atoms with Crippen LogP contribution >= 0.6 is 22.9 Å². The largest absolute Gasteiger partial charge is 0.365 e. The van der Waals surface area contributed by atoms with Crippen LogP contribution in [-0.2, 0) is 6.54 Å². The fourth-order valence-corrected chi connectivity index (χ4v) is 3.04. The summed E-state index contributed by atoms with van der Waals surface area (Å²) in [7, 11) is 0. The van der Waals surface area contributed by atoms with E-state index in [0.29, 0.717) is 12.5 Å². The standard InChI is InChI=1S/C15H15ClN4S/c1-2-17-15-19-13(12-6-7-21-14(12)20-15)18-9-10-4-3-5-11(16)8-10/h3-8H,2,9H2,1H3,(H2,17,18,19,20). The average Bonchev–Trinajstić information content (AvgIpc) is 2.93. The van der Waals surface area contributed by atoms with Gasteiger partial charge in [-0.3, -0.25) is 0 Å². The van der Waals surface area contributed by atoms with E-state index in [1.54, 1.807) is 11.3 Å². The molecule has 108 valence electrons. The quantitative estimate of drug-likeness (QED) is 0.732. The predicted octanol–water partition coefficient (Wildman–Crippen LogP) is 4.39. The van der Waals surface area contributed by atoms with Crippen LogP contribution in [0.15, 0.2) is 35.7 Å². The minimum atomic E-state index is 0.654. The normalized spacial score (nSPS) is 10.8. The smallest absolute Gasteiger partial charge is 0.226 e. The van der Waals surface area contributed by atoms with Gasteiger partial charge in [-0.05, 0) is 36.1 Å². The molecule has 0 fully saturated rings. The lowest BCUT2D eigenvalue weighted by Gasteiger charge is -2.09. The van der Waals surface area contributed by atoms with Gasteiger partial charge in [-0.1, -0.05) is 23.7 Å². The van der Waals surface area contributed by atoms with Crippen molar-refractivity contribution < 1.29 is 0 Å². The van der Waals surface area contributed by atoms with Gasteiger partial charge in [0.05, 0.1) is 5.39 Å². The van der Waals surface area contributed by atoms with Crippen molar-refractivity contribution in [2.75, 3.05) is 17.2 Å². The van der Waals surface area contributed by atoms with Crippen LogP contribution in [0.5, 0.6) is 0 Å². The molecule has 6 heteroatoms. The molecule has 21 heavy (non-hydrogen) atoms. The Bertz CT molecular complexity index is 756. The first-order chi connectivity index (χ1) is 10.3. The lowest BCUT2D eigenvalue weighted by Crippen LogP contribution is -2.06. The first-order valence-electron chi connectivity index (χ1n) is 6.73. The molecular formula is C15H15ClN4S. The first kappa shape index (κ1) is 14.1. The Morgan fingerprint density at radius 2 is 2.10 bits per heavy atom. The third-order valence-electron chi connectivity index (χ3n) is 3.01. The highest BCUT2D eigenvalue weighted by atomic mass is 35.5. The molecule has 0 radical (unpaired) electrons. The number of fused-ring (bicyclic) bond motifs is 1. The molecule has 0 bridgehead atoms. The van der Waals surface area contributed by atoms with E-state index in [4.69, 9.17) is 11.6 Å². The Kier molecular flexibility index (Phi) is 4.22. The Hall–Kier alpha value is -1.85. The monoisotopic (exact) mass is 318 g/mol. The van der Waals surface area contributed by atoms with Gasteiger partial charge in [0, 0.05) is 18.1 Å². The van der Waals surface area contributed by atoms with Crippen molar-refractivity contribution in [1.82, 2.24) is 9.97 Å². The third-order valence-corrected chi connectivity index (χ3v) is 4.05. The summed E-state index contributed by atoms with van der Waals surface area (Å²) in [6.45, 7) is 3.50. The lowest BCUT2D eigenvalue weighted by atomic mass is 10.2. The maximum atomic E-state index is 6.01. The molecule has 2 N–H and O–H groups in total. The van der Waals surface area contributed by atoms with Gasteiger partial charge in [0.1, 0.15) is 10.6 Å². The second kappa shape index (κ2) is 6.28. The number of anilines is 2. The maximum Gasteiger partial charge on any atom is 0.226 e. The van der Waals surface area contributed by atoms with Crippen molar-refractivity contribution in [2.45, 2.75) is 13.5 Å². The summed E-state index contributed by atoms with van der Waals surface area (Å²) in [5.41, 5.74) is 1.12. The van der Waals surface area contributed by atoms with E-state index < -0.39 is 0 Å². The highest BCUT2D eigenvalue weighted by Gasteiger charge is 2.08. The molecule has 2 aromatic heterocycles. The molecule has 3 aromatic rings. The molecule has 4 nitrogen and oxygen atoms in total. The highest BCUT2D eigenvalue weighted by molar-refractivity contribution is 7.16. The lowest BCUT2D eigenvalue weighted by molar-refractivity contribution is 1.08. The zero-order valence-electron chi connectivity index (χ0n) is 11.6. The van der Waals surface area contributed by atoms with E-state index in [0.717, 1.165) is 33.2 Å². The van der Waals surface area contributed by atoms with Crippen LogP contribution < -0.4 is 10.6 Å². The molecule has 0 aliphatic heterocycles. The summed E-state index contributed by atoms with van der Waals surface area (Å²) in [6, 6.07) is 9.84. The molecular weight excluding hydrogens is 304 g/mol. The minimum absolute atomic E-state index is 0.654. The third kappa shape index (κ3) is 3.25. The topological polar surface area (TPSA) is 49.8 Å². The van der Waals surface area contributed by atoms with Gasteiger partial charge >= 0.3 is 0 Å². The summed E-state index contributed by atoms with van der Waals surface area (Å²) < 4.78 is 0. The maximum absolute atomic E-state index is 6.01. The molecule has 0 atom stereocenters. The molecule has 0 unspecified atom stereocenters. The van der Waals surface area contributed by atoms with Crippen molar-refractivity contribution in [3.63, 3.8) is 0 Å². The van der Waals surface area contributed by atoms with Crippen LogP contribution in [0.1, 0.15) is 12.5 Å². The number of nitrogens with zero attached hydrogens (tertiary/aromatic N) is 2. The van der Waals surface area contributed by atoms with Crippen LogP contribution in [-0.4, -0.2) is 16.5 Å². The van der Waals surface area contributed by atoms with Crippen LogP contribution in [0.2, 0.25) is 5.02 Å². The molecule has 0 aliphatic rings. The van der Waals surface area contributed by atoms with Crippen molar-refractivity contribution in [3.05, 3.63) is 46.3 Å². The van der Waals surface area contributed by atoms with Crippen LogP contribution in [0.3, 0.4) is 0 Å². The fourth-order valence-electron chi connectivity index (χ4n) is 2.06. The van der Waals surface area contributed by atoms with E-state index >= 15 is 0 Å². The van der Waals surface area contributed by atoms with Crippen LogP contribution in [0.25, 0.3) is 10.2 Å². The summed E-state index contributed by atoms with van der Waals surface area (Å²) in [5, 5.41) is 10.3. The van der Waals surface area contributed by atoms with Crippen LogP contribution in [0.4, 0.5) is 11.8 Å². The highest BCUT2D eigenvalue weighted by Crippen LogP contribution is 2.27. The number of thiophene rings is 1. The van der Waals surface area contributed by atoms with E-state index in [2.05, 4.69) is 20.6 Å². The van der Waals surface area contributed by atoms with E-state index in [9.17, 15) is 0 Å². The van der Waals surface area contributed by atoms with Crippen molar-refractivity contribution in [3.8, 4) is 0 Å². The number of halogens is 1. The first-order valence-corrected chi connectivity index (χ1v) is 7.99. The van der Waals surface area contributed by atoms with Gasteiger partial charge in [0.25, 0.3) is 0 Å². The molecule has 0 amide bonds. The van der Waals surface area contributed by atoms with Gasteiger partial charge in [0.2, 0.25) is 5.95 Å². The van der Waals surface area contributed by atoms with Gasteiger partial charge in [-0.25, -0.2) is 4.98 Å². The summed E-state index contributed by atoms with van der Waals surface area (Å²) >= 11 is 7.62. The zero-order chi connectivity index (χ0) is 14.7. The number of rotatable bonds is 5. The fraction of sp³-hybridized carbons (Fsp3) is 0.200. The van der Waals surface area contributed by atoms with Crippen molar-refractivity contribution in [1.29, 1.82) is 0 Å². The second-order valence-corrected chi connectivity index (χ2v) is 5.88. The number of aromatic nitrogens is 2. The van der Waals surface area contributed by atoms with Gasteiger partial charge in [-0.15, -0.1) is 11.3 Å². The molecule has 0 spiro atoms. The molecule has 0 aliphatic carbocycles. The SMILES string of the molecule is CCNc1nc(NCc2cccc(Cl)c2)c2ccsc2n1. The number of hydrogen-bond acceptors (Lipinski definition) is 5. The molecule has 1 aromatic carbocycles. The average molecular weight is 319 g/mol. The van der Waals surface area contributed by atoms with Gasteiger partial charge in [-0.2, -0.15) is 4.98 Å². The zero-order valence-corrected chi connectivity index (χ0v) is 13.1. The van der Waals surface area contributed by atoms with E-state index in [-0.39, 0.29) is 0 Å².